The van der Waals surface area contributed by atoms with Crippen molar-refractivity contribution in [1.82, 2.24) is 19.5 Å². The summed E-state index contributed by atoms with van der Waals surface area (Å²) in [5.74, 6) is 1.83. The molecule has 9 aromatic rings. The normalized spacial score (nSPS) is 11.6. The van der Waals surface area contributed by atoms with Crippen LogP contribution < -0.4 is 0 Å². The highest BCUT2D eigenvalue weighted by atomic mass is 16.3. The van der Waals surface area contributed by atoms with Gasteiger partial charge in [-0.05, 0) is 23.8 Å². The van der Waals surface area contributed by atoms with Gasteiger partial charge in [0, 0.05) is 38.2 Å². The molecule has 0 unspecified atom stereocenters. The summed E-state index contributed by atoms with van der Waals surface area (Å²) in [6.07, 6.45) is 0. The lowest BCUT2D eigenvalue weighted by molar-refractivity contribution is 0.670. The van der Waals surface area contributed by atoms with Gasteiger partial charge < -0.3 is 4.42 Å². The molecule has 0 saturated carbocycles. The molecule has 0 bridgehead atoms. The van der Waals surface area contributed by atoms with Gasteiger partial charge in [0.1, 0.15) is 11.2 Å². The summed E-state index contributed by atoms with van der Waals surface area (Å²) in [6, 6.07) is 49.7. The molecule has 0 aliphatic heterocycles. The minimum Gasteiger partial charge on any atom is -0.455 e. The minimum absolute atomic E-state index is 0.572. The molecule has 0 N–H and O–H groups in total. The van der Waals surface area contributed by atoms with Crippen molar-refractivity contribution in [3.63, 3.8) is 0 Å². The first-order valence-electron chi connectivity index (χ1n) is 14.6. The molecule has 5 heteroatoms. The van der Waals surface area contributed by atoms with Crippen LogP contribution in [-0.2, 0) is 0 Å². The molecule has 3 aromatic heterocycles. The summed E-state index contributed by atoms with van der Waals surface area (Å²) < 4.78 is 8.57. The van der Waals surface area contributed by atoms with Gasteiger partial charge in [-0.1, -0.05) is 127 Å². The van der Waals surface area contributed by atoms with Crippen LogP contribution in [0, 0.1) is 0 Å². The van der Waals surface area contributed by atoms with Crippen molar-refractivity contribution in [2.24, 2.45) is 0 Å². The second-order valence-electron chi connectivity index (χ2n) is 10.9. The van der Waals surface area contributed by atoms with Crippen molar-refractivity contribution in [2.45, 2.75) is 0 Å². The third kappa shape index (κ3) is 3.83. The predicted molar refractivity (Wildman–Crippen MR) is 178 cm³/mol. The van der Waals surface area contributed by atoms with E-state index >= 15 is 0 Å². The van der Waals surface area contributed by atoms with Gasteiger partial charge in [0.05, 0.1) is 11.0 Å². The van der Waals surface area contributed by atoms with Crippen molar-refractivity contribution < 1.29 is 4.42 Å². The molecule has 0 radical (unpaired) electrons. The summed E-state index contributed by atoms with van der Waals surface area (Å²) in [5.41, 5.74) is 7.80. The molecule has 0 fully saturated rings. The van der Waals surface area contributed by atoms with Crippen LogP contribution in [0.3, 0.4) is 0 Å². The third-order valence-corrected chi connectivity index (χ3v) is 8.28. The van der Waals surface area contributed by atoms with Crippen LogP contribution in [0.4, 0.5) is 0 Å². The third-order valence-electron chi connectivity index (χ3n) is 8.28. The Hall–Kier alpha value is -6.07. The number of nitrogens with zero attached hydrogens (tertiary/aromatic N) is 4. The van der Waals surface area contributed by atoms with E-state index in [2.05, 4.69) is 77.4 Å². The Bertz CT molecular complexity index is 2440. The Kier molecular flexibility index (Phi) is 5.43. The highest BCUT2D eigenvalue weighted by molar-refractivity contribution is 6.12. The number of hydrogen-bond donors (Lipinski definition) is 0. The monoisotopic (exact) mass is 564 g/mol. The number of fused-ring (bicyclic) bond motifs is 6. The van der Waals surface area contributed by atoms with Crippen LogP contribution in [-0.4, -0.2) is 19.5 Å². The topological polar surface area (TPSA) is 56.7 Å². The molecule has 9 rings (SSSR count). The Morgan fingerprint density at radius 1 is 0.432 bits per heavy atom. The maximum atomic E-state index is 6.41. The minimum atomic E-state index is 0.572. The number of para-hydroxylation sites is 3. The molecule has 0 atom stereocenters. The lowest BCUT2D eigenvalue weighted by Crippen LogP contribution is -2.06. The molecule has 0 spiro atoms. The van der Waals surface area contributed by atoms with Crippen LogP contribution in [0.1, 0.15) is 0 Å². The van der Waals surface area contributed by atoms with E-state index in [9.17, 15) is 0 Å². The Morgan fingerprint density at radius 2 is 1.05 bits per heavy atom. The summed E-state index contributed by atoms with van der Waals surface area (Å²) >= 11 is 0. The standard InChI is InChI=1S/C39H24N4O/c1-3-12-25(13-4-1)37-40-38(26-14-5-2-6-15-26)42-39(41-37)43-33-20-9-7-16-29(33)30-23-22-27(24-34(30)43)28-18-11-19-32-31-17-8-10-21-35(31)44-36(28)32/h1-24H. The average Bonchev–Trinajstić information content (AvgIpc) is 3.64. The zero-order valence-corrected chi connectivity index (χ0v) is 23.6. The SMILES string of the molecule is c1ccc(-c2nc(-c3ccccc3)nc(-n3c4ccccc4c4ccc(-c5cccc6c5oc5ccccc56)cc43)n2)cc1. The Morgan fingerprint density at radius 3 is 1.80 bits per heavy atom. The van der Waals surface area contributed by atoms with Crippen molar-refractivity contribution in [1.29, 1.82) is 0 Å². The highest BCUT2D eigenvalue weighted by Gasteiger charge is 2.19. The predicted octanol–water partition coefficient (Wildman–Crippen LogP) is 9.87. The molecule has 3 heterocycles. The van der Waals surface area contributed by atoms with Crippen molar-refractivity contribution in [2.75, 3.05) is 0 Å². The fourth-order valence-corrected chi connectivity index (χ4v) is 6.23. The van der Waals surface area contributed by atoms with Gasteiger partial charge in [-0.3, -0.25) is 4.57 Å². The lowest BCUT2D eigenvalue weighted by atomic mass is 10.0. The molecular formula is C39H24N4O. The summed E-state index contributed by atoms with van der Waals surface area (Å²) in [7, 11) is 0. The van der Waals surface area contributed by atoms with Gasteiger partial charge in [0.25, 0.3) is 0 Å². The highest BCUT2D eigenvalue weighted by Crippen LogP contribution is 2.39. The Balaban J connectivity index is 1.33. The zero-order chi connectivity index (χ0) is 29.0. The maximum absolute atomic E-state index is 6.41. The lowest BCUT2D eigenvalue weighted by Gasteiger charge is -2.11. The van der Waals surface area contributed by atoms with Crippen LogP contribution in [0.2, 0.25) is 0 Å². The first kappa shape index (κ1) is 24.5. The number of aromatic nitrogens is 4. The molecule has 0 aliphatic rings. The van der Waals surface area contributed by atoms with Gasteiger partial charge >= 0.3 is 0 Å². The van der Waals surface area contributed by atoms with E-state index in [1.165, 1.54) is 0 Å². The van der Waals surface area contributed by atoms with E-state index in [1.807, 2.05) is 72.8 Å². The average molecular weight is 565 g/mol. The van der Waals surface area contributed by atoms with E-state index in [1.54, 1.807) is 0 Å². The first-order chi connectivity index (χ1) is 21.8. The maximum Gasteiger partial charge on any atom is 0.238 e. The summed E-state index contributed by atoms with van der Waals surface area (Å²) in [4.78, 5) is 15.1. The second-order valence-corrected chi connectivity index (χ2v) is 10.9. The Labute approximate surface area is 252 Å². The van der Waals surface area contributed by atoms with Crippen molar-refractivity contribution >= 4 is 43.7 Å². The smallest absolute Gasteiger partial charge is 0.238 e. The molecular weight excluding hydrogens is 540 g/mol. The van der Waals surface area contributed by atoms with Gasteiger partial charge in [-0.25, -0.2) is 4.98 Å². The van der Waals surface area contributed by atoms with Crippen LogP contribution >= 0.6 is 0 Å². The van der Waals surface area contributed by atoms with E-state index in [-0.39, 0.29) is 0 Å². The first-order valence-corrected chi connectivity index (χ1v) is 14.6. The fraction of sp³-hybridized carbons (Fsp3) is 0. The number of furan rings is 1. The fourth-order valence-electron chi connectivity index (χ4n) is 6.23. The van der Waals surface area contributed by atoms with E-state index in [0.717, 1.165) is 66.0 Å². The molecule has 206 valence electrons. The van der Waals surface area contributed by atoms with Gasteiger partial charge in [-0.15, -0.1) is 0 Å². The van der Waals surface area contributed by atoms with E-state index in [4.69, 9.17) is 19.4 Å². The molecule has 5 nitrogen and oxygen atoms in total. The molecule has 6 aromatic carbocycles. The van der Waals surface area contributed by atoms with Gasteiger partial charge in [-0.2, -0.15) is 9.97 Å². The van der Waals surface area contributed by atoms with Gasteiger partial charge in [0.2, 0.25) is 5.95 Å². The molecule has 0 saturated heterocycles. The van der Waals surface area contributed by atoms with Crippen molar-refractivity contribution in [3.05, 3.63) is 146 Å². The molecule has 44 heavy (non-hydrogen) atoms. The second kappa shape index (κ2) is 9.75. The van der Waals surface area contributed by atoms with Gasteiger partial charge in [0.15, 0.2) is 11.6 Å². The number of benzene rings is 6. The van der Waals surface area contributed by atoms with Crippen molar-refractivity contribution in [3.8, 4) is 39.9 Å². The summed E-state index contributed by atoms with van der Waals surface area (Å²) in [5, 5.41) is 4.49. The van der Waals surface area contributed by atoms with Crippen LogP contribution in [0.15, 0.2) is 150 Å². The number of rotatable bonds is 4. The largest absolute Gasteiger partial charge is 0.455 e. The quantitative estimate of drug-likeness (QED) is 0.213. The van der Waals surface area contributed by atoms with Crippen LogP contribution in [0.5, 0.6) is 0 Å². The molecule has 0 amide bonds. The molecule has 0 aliphatic carbocycles. The van der Waals surface area contributed by atoms with E-state index < -0.39 is 0 Å². The van der Waals surface area contributed by atoms with E-state index in [0.29, 0.717) is 17.6 Å². The summed E-state index contributed by atoms with van der Waals surface area (Å²) in [6.45, 7) is 0. The number of hydrogen-bond acceptors (Lipinski definition) is 4. The van der Waals surface area contributed by atoms with Crippen LogP contribution in [0.25, 0.3) is 83.6 Å². The zero-order valence-electron chi connectivity index (χ0n) is 23.6.